The lowest BCUT2D eigenvalue weighted by atomic mass is 10.0. The Hall–Kier alpha value is -2.31. The van der Waals surface area contributed by atoms with Crippen molar-refractivity contribution in [1.29, 1.82) is 0 Å². The fraction of sp³-hybridized carbons (Fsp3) is 0.333. The van der Waals surface area contributed by atoms with Crippen LogP contribution in [0.1, 0.15) is 23.6 Å². The van der Waals surface area contributed by atoms with Crippen molar-refractivity contribution < 1.29 is 9.59 Å². The van der Waals surface area contributed by atoms with Crippen molar-refractivity contribution in [2.24, 2.45) is 5.73 Å². The van der Waals surface area contributed by atoms with Crippen LogP contribution in [0.3, 0.4) is 0 Å². The number of benzene rings is 2. The van der Waals surface area contributed by atoms with Crippen LogP contribution < -0.4 is 11.1 Å². The Labute approximate surface area is 164 Å². The molecule has 2 amide bonds. The minimum absolute atomic E-state index is 0.124. The molecule has 0 radical (unpaired) electrons. The molecule has 1 unspecified atom stereocenters. The first-order valence-corrected chi connectivity index (χ1v) is 10.3. The summed E-state index contributed by atoms with van der Waals surface area (Å²) in [7, 11) is 0. The number of hydrogen-bond donors (Lipinski definition) is 2. The van der Waals surface area contributed by atoms with Gasteiger partial charge >= 0.3 is 0 Å². The van der Waals surface area contributed by atoms with Crippen LogP contribution >= 0.6 is 11.8 Å². The van der Waals surface area contributed by atoms with Gasteiger partial charge in [0, 0.05) is 42.7 Å². The summed E-state index contributed by atoms with van der Waals surface area (Å²) in [5, 5.41) is 2.87. The van der Waals surface area contributed by atoms with Crippen molar-refractivity contribution >= 4 is 29.3 Å². The fourth-order valence-corrected chi connectivity index (χ4v) is 3.94. The number of nitrogens with zero attached hydrogens (tertiary/aromatic N) is 1. The molecular weight excluding hydrogens is 358 g/mol. The Morgan fingerprint density at radius 1 is 1.04 bits per heavy atom. The van der Waals surface area contributed by atoms with E-state index in [0.717, 1.165) is 35.7 Å². The molecule has 1 atom stereocenters. The molecule has 1 aliphatic rings. The van der Waals surface area contributed by atoms with Gasteiger partial charge in [0.05, 0.1) is 6.42 Å². The molecule has 0 saturated carbocycles. The largest absolute Gasteiger partial charge is 0.341 e. The molecule has 2 aromatic rings. The first-order chi connectivity index (χ1) is 13.1. The quantitative estimate of drug-likeness (QED) is 0.804. The first kappa shape index (κ1) is 19.5. The predicted molar refractivity (Wildman–Crippen MR) is 111 cm³/mol. The zero-order valence-corrected chi connectivity index (χ0v) is 16.1. The third-order valence-corrected chi connectivity index (χ3v) is 5.53. The molecule has 1 aliphatic heterocycles. The predicted octanol–water partition coefficient (Wildman–Crippen LogP) is 2.83. The molecule has 0 aliphatic carbocycles. The number of carbonyl (C=O) groups excluding carboxylic acids is 2. The number of carbonyl (C=O) groups is 2. The summed E-state index contributed by atoms with van der Waals surface area (Å²) in [5.74, 6) is 2.07. The fourth-order valence-electron chi connectivity index (χ4n) is 3.03. The van der Waals surface area contributed by atoms with E-state index in [1.807, 2.05) is 71.3 Å². The van der Waals surface area contributed by atoms with Crippen LogP contribution in [0, 0.1) is 0 Å². The number of hydrogen-bond acceptors (Lipinski definition) is 4. The average molecular weight is 384 g/mol. The Morgan fingerprint density at radius 3 is 2.37 bits per heavy atom. The van der Waals surface area contributed by atoms with Gasteiger partial charge < -0.3 is 16.0 Å². The van der Waals surface area contributed by atoms with Crippen molar-refractivity contribution in [3.63, 3.8) is 0 Å². The van der Waals surface area contributed by atoms with Gasteiger partial charge in [0.2, 0.25) is 11.8 Å². The maximum atomic E-state index is 12.3. The maximum absolute atomic E-state index is 12.3. The maximum Gasteiger partial charge on any atom is 0.227 e. The molecule has 0 spiro atoms. The molecule has 27 heavy (non-hydrogen) atoms. The van der Waals surface area contributed by atoms with Gasteiger partial charge in [-0.15, -0.1) is 0 Å². The van der Waals surface area contributed by atoms with Gasteiger partial charge in [0.15, 0.2) is 0 Å². The van der Waals surface area contributed by atoms with E-state index in [4.69, 9.17) is 5.73 Å². The highest BCUT2D eigenvalue weighted by atomic mass is 32.2. The molecule has 2 aromatic carbocycles. The van der Waals surface area contributed by atoms with E-state index in [2.05, 4.69) is 5.32 Å². The number of anilines is 1. The minimum Gasteiger partial charge on any atom is -0.341 e. The minimum atomic E-state index is -0.328. The van der Waals surface area contributed by atoms with Crippen LogP contribution in [0.5, 0.6) is 0 Å². The normalized spacial score (nSPS) is 15.2. The smallest absolute Gasteiger partial charge is 0.227 e. The van der Waals surface area contributed by atoms with E-state index >= 15 is 0 Å². The van der Waals surface area contributed by atoms with Crippen LogP contribution in [-0.2, 0) is 16.0 Å². The van der Waals surface area contributed by atoms with Crippen LogP contribution in [0.2, 0.25) is 0 Å². The van der Waals surface area contributed by atoms with Gasteiger partial charge in [-0.1, -0.05) is 42.5 Å². The molecule has 0 bridgehead atoms. The van der Waals surface area contributed by atoms with E-state index in [0.29, 0.717) is 12.1 Å². The summed E-state index contributed by atoms with van der Waals surface area (Å²) in [5.41, 5.74) is 8.71. The molecular formula is C21H25N3O2S. The number of nitrogens with two attached hydrogens (primary N) is 1. The van der Waals surface area contributed by atoms with E-state index in [1.54, 1.807) is 0 Å². The van der Waals surface area contributed by atoms with Gasteiger partial charge in [-0.2, -0.15) is 11.8 Å². The molecule has 1 heterocycles. The van der Waals surface area contributed by atoms with Crippen LogP contribution in [0.4, 0.5) is 5.69 Å². The lowest BCUT2D eigenvalue weighted by molar-refractivity contribution is -0.130. The van der Waals surface area contributed by atoms with Crippen LogP contribution in [0.15, 0.2) is 54.6 Å². The zero-order chi connectivity index (χ0) is 19.1. The first-order valence-electron chi connectivity index (χ1n) is 9.16. The van der Waals surface area contributed by atoms with Gasteiger partial charge in [0.1, 0.15) is 0 Å². The van der Waals surface area contributed by atoms with Crippen molar-refractivity contribution in [3.8, 4) is 0 Å². The summed E-state index contributed by atoms with van der Waals surface area (Å²) < 4.78 is 0. The second-order valence-electron chi connectivity index (χ2n) is 6.64. The third kappa shape index (κ3) is 5.84. The third-order valence-electron chi connectivity index (χ3n) is 4.59. The molecule has 3 rings (SSSR count). The molecule has 3 N–H and O–H groups in total. The van der Waals surface area contributed by atoms with Gasteiger partial charge in [-0.05, 0) is 23.3 Å². The second kappa shape index (κ2) is 9.58. The Morgan fingerprint density at radius 2 is 1.70 bits per heavy atom. The van der Waals surface area contributed by atoms with Gasteiger partial charge in [0.25, 0.3) is 0 Å². The Balaban J connectivity index is 1.49. The van der Waals surface area contributed by atoms with Crippen LogP contribution in [0.25, 0.3) is 0 Å². The van der Waals surface area contributed by atoms with Crippen molar-refractivity contribution in [2.75, 3.05) is 29.9 Å². The molecule has 1 saturated heterocycles. The second-order valence-corrected chi connectivity index (χ2v) is 7.86. The summed E-state index contributed by atoms with van der Waals surface area (Å²) in [6.07, 6.45) is 0.620. The monoisotopic (exact) mass is 383 g/mol. The summed E-state index contributed by atoms with van der Waals surface area (Å²) in [6.45, 7) is 1.67. The highest BCUT2D eigenvalue weighted by Gasteiger charge is 2.17. The Bertz CT molecular complexity index is 759. The molecule has 0 aromatic heterocycles. The van der Waals surface area contributed by atoms with Crippen molar-refractivity contribution in [1.82, 2.24) is 4.90 Å². The van der Waals surface area contributed by atoms with Crippen molar-refractivity contribution in [3.05, 3.63) is 65.7 Å². The topological polar surface area (TPSA) is 75.4 Å². The summed E-state index contributed by atoms with van der Waals surface area (Å²) in [4.78, 5) is 26.5. The standard InChI is InChI=1S/C21H25N3O2S/c22-19(17-4-2-1-3-5-17)15-20(25)23-18-8-6-16(7-9-18)14-21(26)24-10-12-27-13-11-24/h1-9,19H,10-15,22H2,(H,23,25). The molecule has 6 heteroatoms. The molecule has 142 valence electrons. The van der Waals surface area contributed by atoms with E-state index < -0.39 is 0 Å². The number of thioether (sulfide) groups is 1. The van der Waals surface area contributed by atoms with E-state index in [1.165, 1.54) is 0 Å². The molecule has 1 fully saturated rings. The van der Waals surface area contributed by atoms with E-state index in [-0.39, 0.29) is 24.3 Å². The highest BCUT2D eigenvalue weighted by molar-refractivity contribution is 7.99. The lowest BCUT2D eigenvalue weighted by Gasteiger charge is -2.26. The zero-order valence-electron chi connectivity index (χ0n) is 15.3. The number of rotatable bonds is 6. The van der Waals surface area contributed by atoms with Gasteiger partial charge in [-0.3, -0.25) is 9.59 Å². The van der Waals surface area contributed by atoms with E-state index in [9.17, 15) is 9.59 Å². The summed E-state index contributed by atoms with van der Waals surface area (Å²) in [6, 6.07) is 16.7. The number of amides is 2. The average Bonchev–Trinajstić information content (AvgIpc) is 2.70. The highest BCUT2D eigenvalue weighted by Crippen LogP contribution is 2.17. The molecule has 5 nitrogen and oxygen atoms in total. The lowest BCUT2D eigenvalue weighted by Crippen LogP contribution is -2.38. The van der Waals surface area contributed by atoms with Crippen molar-refractivity contribution in [2.45, 2.75) is 18.9 Å². The Kier molecular flexibility index (Phi) is 6.90. The SMILES string of the molecule is NC(CC(=O)Nc1ccc(CC(=O)N2CCSCC2)cc1)c1ccccc1. The van der Waals surface area contributed by atoms with Crippen LogP contribution in [-0.4, -0.2) is 41.3 Å². The van der Waals surface area contributed by atoms with Gasteiger partial charge in [-0.25, -0.2) is 0 Å². The number of nitrogens with one attached hydrogen (secondary N) is 1. The summed E-state index contributed by atoms with van der Waals surface area (Å²) >= 11 is 1.89.